The predicted molar refractivity (Wildman–Crippen MR) is 94.3 cm³/mol. The molecule has 1 aromatic heterocycles. The number of aromatic nitrogens is 1. The van der Waals surface area contributed by atoms with Gasteiger partial charge in [-0.05, 0) is 42.7 Å². The second-order valence-electron chi connectivity index (χ2n) is 6.43. The molecule has 0 saturated carbocycles. The third kappa shape index (κ3) is 3.64. The molecule has 1 unspecified atom stereocenters. The van der Waals surface area contributed by atoms with Gasteiger partial charge in [-0.2, -0.15) is 0 Å². The van der Waals surface area contributed by atoms with Crippen LogP contribution in [0.15, 0.2) is 36.7 Å². The van der Waals surface area contributed by atoms with Gasteiger partial charge in [0.05, 0.1) is 0 Å². The summed E-state index contributed by atoms with van der Waals surface area (Å²) in [4.78, 5) is 20.2. The molecule has 1 aliphatic heterocycles. The van der Waals surface area contributed by atoms with E-state index in [1.807, 2.05) is 24.1 Å². The fourth-order valence-electron chi connectivity index (χ4n) is 3.39. The minimum atomic E-state index is -0.903. The van der Waals surface area contributed by atoms with E-state index < -0.39 is 12.0 Å². The van der Waals surface area contributed by atoms with Crippen LogP contribution in [0.4, 0.5) is 10.1 Å². The lowest BCUT2D eigenvalue weighted by atomic mass is 10.0. The molecule has 1 fully saturated rings. The van der Waals surface area contributed by atoms with Gasteiger partial charge in [-0.1, -0.05) is 12.1 Å². The Morgan fingerprint density at radius 2 is 1.88 bits per heavy atom. The highest BCUT2D eigenvalue weighted by molar-refractivity contribution is 5.75. The van der Waals surface area contributed by atoms with Crippen molar-refractivity contribution in [3.8, 4) is 0 Å². The number of halogens is 1. The highest BCUT2D eigenvalue weighted by Gasteiger charge is 2.30. The summed E-state index contributed by atoms with van der Waals surface area (Å²) in [5.74, 6) is -1.22. The normalized spacial score (nSPS) is 16.7. The zero-order chi connectivity index (χ0) is 18.0. The number of rotatable bonds is 4. The summed E-state index contributed by atoms with van der Waals surface area (Å²) in [7, 11) is 0. The molecule has 0 bridgehead atoms. The van der Waals surface area contributed by atoms with Crippen molar-refractivity contribution in [1.29, 1.82) is 0 Å². The minimum Gasteiger partial charge on any atom is -0.480 e. The van der Waals surface area contributed by atoms with E-state index in [2.05, 4.69) is 9.88 Å². The first-order valence-corrected chi connectivity index (χ1v) is 8.36. The quantitative estimate of drug-likeness (QED) is 0.925. The Labute approximate surface area is 146 Å². The predicted octanol–water partition coefficient (Wildman–Crippen LogP) is 2.79. The van der Waals surface area contributed by atoms with E-state index in [1.54, 1.807) is 25.3 Å². The Balaban J connectivity index is 1.76. The van der Waals surface area contributed by atoms with Gasteiger partial charge in [-0.15, -0.1) is 0 Å². The zero-order valence-electron chi connectivity index (χ0n) is 14.4. The Kier molecular flexibility index (Phi) is 4.99. The summed E-state index contributed by atoms with van der Waals surface area (Å²) in [6, 6.07) is 5.79. The van der Waals surface area contributed by atoms with Crippen LogP contribution in [0.2, 0.25) is 0 Å². The number of aryl methyl sites for hydroxylation is 2. The fourth-order valence-corrected chi connectivity index (χ4v) is 3.39. The number of piperazine rings is 1. The molecule has 25 heavy (non-hydrogen) atoms. The van der Waals surface area contributed by atoms with Crippen LogP contribution >= 0.6 is 0 Å². The number of benzene rings is 1. The van der Waals surface area contributed by atoms with Crippen molar-refractivity contribution in [1.82, 2.24) is 9.88 Å². The number of carboxylic acid groups (broad SMARTS) is 1. The third-order valence-electron chi connectivity index (χ3n) is 4.74. The van der Waals surface area contributed by atoms with E-state index in [4.69, 9.17) is 0 Å². The molecule has 2 heterocycles. The van der Waals surface area contributed by atoms with Gasteiger partial charge in [0.25, 0.3) is 0 Å². The summed E-state index contributed by atoms with van der Waals surface area (Å²) in [5.41, 5.74) is 3.34. The van der Waals surface area contributed by atoms with Gasteiger partial charge >= 0.3 is 5.97 Å². The first-order chi connectivity index (χ1) is 12.0. The second-order valence-corrected chi connectivity index (χ2v) is 6.43. The second kappa shape index (κ2) is 7.19. The number of hydrogen-bond acceptors (Lipinski definition) is 4. The van der Waals surface area contributed by atoms with E-state index in [0.29, 0.717) is 24.2 Å². The van der Waals surface area contributed by atoms with Gasteiger partial charge in [-0.25, -0.2) is 4.39 Å². The van der Waals surface area contributed by atoms with E-state index in [0.717, 1.165) is 24.3 Å². The molecule has 1 atom stereocenters. The Hall–Kier alpha value is -2.47. The number of aliphatic carboxylic acids is 1. The van der Waals surface area contributed by atoms with Gasteiger partial charge in [0.2, 0.25) is 0 Å². The van der Waals surface area contributed by atoms with Crippen LogP contribution in [0.1, 0.15) is 22.7 Å². The summed E-state index contributed by atoms with van der Waals surface area (Å²) >= 11 is 0. The Morgan fingerprint density at radius 3 is 2.48 bits per heavy atom. The van der Waals surface area contributed by atoms with E-state index in [-0.39, 0.29) is 5.82 Å². The lowest BCUT2D eigenvalue weighted by Gasteiger charge is -2.39. The Bertz CT molecular complexity index is 773. The molecule has 0 aliphatic carbocycles. The van der Waals surface area contributed by atoms with Gasteiger partial charge in [-0.3, -0.25) is 14.7 Å². The van der Waals surface area contributed by atoms with E-state index >= 15 is 0 Å². The topological polar surface area (TPSA) is 56.7 Å². The molecular weight excluding hydrogens is 321 g/mol. The third-order valence-corrected chi connectivity index (χ3v) is 4.74. The lowest BCUT2D eigenvalue weighted by molar-refractivity contribution is -0.143. The monoisotopic (exact) mass is 343 g/mol. The molecule has 132 valence electrons. The lowest BCUT2D eigenvalue weighted by Crippen LogP contribution is -2.49. The first-order valence-electron chi connectivity index (χ1n) is 8.36. The standard InChI is InChI=1S/C19H22FN3O2/c1-13-11-15(3-4-16(13)20)18(19(24)25)23-9-7-22(8-10-23)17-5-6-21-12-14(17)2/h3-6,11-12,18H,7-10H2,1-2H3,(H,24,25). The average Bonchev–Trinajstić information content (AvgIpc) is 2.59. The SMILES string of the molecule is Cc1cc(C(C(=O)O)N2CCN(c3ccncc3C)CC2)ccc1F. The van der Waals surface area contributed by atoms with E-state index in [9.17, 15) is 14.3 Å². The maximum atomic E-state index is 13.5. The van der Waals surface area contributed by atoms with Crippen molar-refractivity contribution in [2.75, 3.05) is 31.1 Å². The van der Waals surface area contributed by atoms with Crippen LogP contribution in [0.25, 0.3) is 0 Å². The molecule has 5 nitrogen and oxygen atoms in total. The van der Waals surface area contributed by atoms with Crippen LogP contribution in [0, 0.1) is 19.7 Å². The van der Waals surface area contributed by atoms with Crippen LogP contribution < -0.4 is 4.90 Å². The van der Waals surface area contributed by atoms with Crippen LogP contribution in [-0.4, -0.2) is 47.1 Å². The van der Waals surface area contributed by atoms with Crippen molar-refractivity contribution >= 4 is 11.7 Å². The molecule has 1 N–H and O–H groups in total. The van der Waals surface area contributed by atoms with Crippen molar-refractivity contribution < 1.29 is 14.3 Å². The minimum absolute atomic E-state index is 0.314. The van der Waals surface area contributed by atoms with Gasteiger partial charge in [0, 0.05) is 44.3 Å². The molecule has 3 rings (SSSR count). The first kappa shape index (κ1) is 17.4. The number of pyridine rings is 1. The molecule has 2 aromatic rings. The number of anilines is 1. The molecule has 1 aliphatic rings. The largest absolute Gasteiger partial charge is 0.480 e. The fraction of sp³-hybridized carbons (Fsp3) is 0.368. The van der Waals surface area contributed by atoms with Gasteiger partial charge < -0.3 is 10.0 Å². The smallest absolute Gasteiger partial charge is 0.325 e. The van der Waals surface area contributed by atoms with Crippen molar-refractivity contribution in [2.24, 2.45) is 0 Å². The van der Waals surface area contributed by atoms with Gasteiger partial charge in [0.15, 0.2) is 0 Å². The molecule has 0 radical (unpaired) electrons. The summed E-state index contributed by atoms with van der Waals surface area (Å²) in [6.45, 7) is 6.44. The van der Waals surface area contributed by atoms with Crippen LogP contribution in [-0.2, 0) is 4.79 Å². The van der Waals surface area contributed by atoms with E-state index in [1.165, 1.54) is 6.07 Å². The summed E-state index contributed by atoms with van der Waals surface area (Å²) < 4.78 is 13.5. The molecule has 0 spiro atoms. The van der Waals surface area contributed by atoms with Crippen molar-refractivity contribution in [2.45, 2.75) is 19.9 Å². The number of carboxylic acids is 1. The van der Waals surface area contributed by atoms with Crippen molar-refractivity contribution in [3.05, 3.63) is 59.2 Å². The Morgan fingerprint density at radius 1 is 1.16 bits per heavy atom. The van der Waals surface area contributed by atoms with Crippen LogP contribution in [0.5, 0.6) is 0 Å². The highest BCUT2D eigenvalue weighted by atomic mass is 19.1. The maximum Gasteiger partial charge on any atom is 0.325 e. The number of nitrogens with zero attached hydrogens (tertiary/aromatic N) is 3. The molecule has 0 amide bonds. The van der Waals surface area contributed by atoms with Gasteiger partial charge in [0.1, 0.15) is 11.9 Å². The van der Waals surface area contributed by atoms with Crippen molar-refractivity contribution in [3.63, 3.8) is 0 Å². The molecule has 6 heteroatoms. The molecule has 1 saturated heterocycles. The zero-order valence-corrected chi connectivity index (χ0v) is 14.4. The summed E-state index contributed by atoms with van der Waals surface area (Å²) in [5, 5.41) is 9.71. The maximum absolute atomic E-state index is 13.5. The molecular formula is C19H22FN3O2. The molecule has 1 aromatic carbocycles. The number of carbonyl (C=O) groups is 1. The summed E-state index contributed by atoms with van der Waals surface area (Å²) in [6.07, 6.45) is 3.61. The number of hydrogen-bond donors (Lipinski definition) is 1. The highest BCUT2D eigenvalue weighted by Crippen LogP contribution is 2.26. The average molecular weight is 343 g/mol. The van der Waals surface area contributed by atoms with Crippen LogP contribution in [0.3, 0.4) is 0 Å².